The van der Waals surface area contributed by atoms with Crippen molar-refractivity contribution >= 4 is 24.4 Å². The first-order valence-electron chi connectivity index (χ1n) is 13.4. The molecule has 1 spiro atoms. The lowest BCUT2D eigenvalue weighted by atomic mass is 9.48. The third-order valence-corrected chi connectivity index (χ3v) is 9.69. The Bertz CT molecular complexity index is 1280. The molecule has 3 fully saturated rings. The van der Waals surface area contributed by atoms with Crippen LogP contribution in [-0.4, -0.2) is 57.9 Å². The van der Waals surface area contributed by atoms with Crippen molar-refractivity contribution in [3.8, 4) is 11.5 Å². The highest BCUT2D eigenvalue weighted by Crippen LogP contribution is 2.65. The van der Waals surface area contributed by atoms with Gasteiger partial charge in [-0.15, -0.1) is 12.4 Å². The van der Waals surface area contributed by atoms with Crippen LogP contribution in [0, 0.1) is 12.8 Å². The number of benzene rings is 2. The number of aryl methyl sites for hydroxylation is 1. The number of nitrogens with one attached hydrogen (secondary N) is 1. The van der Waals surface area contributed by atoms with E-state index in [0.717, 1.165) is 48.5 Å². The van der Waals surface area contributed by atoms with Gasteiger partial charge in [0.25, 0.3) is 0 Å². The lowest BCUT2D eigenvalue weighted by Crippen LogP contribution is -2.78. The van der Waals surface area contributed by atoms with E-state index in [1.54, 1.807) is 12.1 Å². The lowest BCUT2D eigenvalue weighted by Gasteiger charge is -2.64. The zero-order valence-corrected chi connectivity index (χ0v) is 22.0. The molecule has 7 rings (SSSR count). The van der Waals surface area contributed by atoms with Crippen LogP contribution in [0.25, 0.3) is 6.08 Å². The van der Waals surface area contributed by atoms with Gasteiger partial charge in [-0.2, -0.15) is 0 Å². The predicted octanol–water partition coefficient (Wildman–Crippen LogP) is 3.88. The van der Waals surface area contributed by atoms with Gasteiger partial charge in [0, 0.05) is 24.2 Å². The van der Waals surface area contributed by atoms with Crippen LogP contribution in [0.1, 0.15) is 54.4 Å². The normalized spacial score (nSPS) is 33.4. The number of amides is 1. The van der Waals surface area contributed by atoms with Crippen molar-refractivity contribution in [1.82, 2.24) is 10.2 Å². The molecule has 5 aliphatic rings. The minimum atomic E-state index is -0.935. The molecule has 3 aliphatic carbocycles. The van der Waals surface area contributed by atoms with Crippen LogP contribution in [0.4, 0.5) is 0 Å². The number of aliphatic hydroxyl groups is 1. The molecule has 196 valence electrons. The number of rotatable bonds is 5. The first-order chi connectivity index (χ1) is 17.4. The first-order valence-corrected chi connectivity index (χ1v) is 13.4. The van der Waals surface area contributed by atoms with E-state index in [0.29, 0.717) is 18.6 Å². The van der Waals surface area contributed by atoms with Crippen LogP contribution in [0.3, 0.4) is 0 Å². The number of piperidine rings is 1. The zero-order valence-electron chi connectivity index (χ0n) is 21.2. The molecule has 2 aromatic carbocycles. The number of carbonyl (C=O) groups is 1. The molecule has 0 radical (unpaired) electrons. The number of hydrogen-bond donors (Lipinski definition) is 3. The fraction of sp³-hybridized carbons (Fsp3) is 0.500. The number of aromatic hydroxyl groups is 1. The molecule has 0 unspecified atom stereocenters. The molecule has 7 heteroatoms. The predicted molar refractivity (Wildman–Crippen MR) is 144 cm³/mol. The fourth-order valence-electron chi connectivity index (χ4n) is 7.80. The van der Waals surface area contributed by atoms with Crippen LogP contribution in [0.2, 0.25) is 0 Å². The summed E-state index contributed by atoms with van der Waals surface area (Å²) in [5, 5.41) is 26.5. The summed E-state index contributed by atoms with van der Waals surface area (Å²) in [5.74, 6) is 1.24. The maximum Gasteiger partial charge on any atom is 0.244 e. The van der Waals surface area contributed by atoms with Gasteiger partial charge in [0.1, 0.15) is 6.10 Å². The Hall–Kier alpha value is -2.54. The highest BCUT2D eigenvalue weighted by molar-refractivity contribution is 5.92. The Kier molecular flexibility index (Phi) is 5.86. The van der Waals surface area contributed by atoms with Gasteiger partial charge in [0.15, 0.2) is 11.5 Å². The van der Waals surface area contributed by atoms with E-state index in [-0.39, 0.29) is 36.1 Å². The highest BCUT2D eigenvalue weighted by atomic mass is 35.5. The van der Waals surface area contributed by atoms with E-state index in [2.05, 4.69) is 10.2 Å². The molecule has 2 heterocycles. The van der Waals surface area contributed by atoms with Gasteiger partial charge in [-0.25, -0.2) is 0 Å². The van der Waals surface area contributed by atoms with Gasteiger partial charge in [-0.3, -0.25) is 9.69 Å². The first kappa shape index (κ1) is 24.8. The van der Waals surface area contributed by atoms with Crippen molar-refractivity contribution in [1.29, 1.82) is 0 Å². The van der Waals surface area contributed by atoms with E-state index in [1.165, 1.54) is 18.4 Å². The Morgan fingerprint density at radius 2 is 2.00 bits per heavy atom. The summed E-state index contributed by atoms with van der Waals surface area (Å²) in [4.78, 5) is 15.6. The smallest absolute Gasteiger partial charge is 0.244 e. The topological polar surface area (TPSA) is 82.0 Å². The average molecular weight is 523 g/mol. The summed E-state index contributed by atoms with van der Waals surface area (Å²) < 4.78 is 6.53. The van der Waals surface area contributed by atoms with Crippen LogP contribution in [-0.2, 0) is 16.6 Å². The lowest BCUT2D eigenvalue weighted by molar-refractivity contribution is -0.192. The standard InChI is InChI=1S/C30H34N2O4.ClH/c1-18-4-2-3-5-20(18)9-11-25(34)31-22-12-13-30(35)24-16-21-8-10-23(33)27-26(21)29(30,28(22)36-27)14-15-32(24)17-19-6-7-19;/h2-5,8-11,19,22,24,28,33,35H,6-7,12-17H2,1H3,(H,31,34);1H/b11-9+;/t22-,24-,28+,29+,30-;/m1./s1. The van der Waals surface area contributed by atoms with Crippen molar-refractivity contribution in [3.63, 3.8) is 0 Å². The number of phenolic OH excluding ortho intramolecular Hbond substituents is 1. The number of ether oxygens (including phenoxy) is 1. The summed E-state index contributed by atoms with van der Waals surface area (Å²) in [6.07, 6.45) is 8.42. The minimum Gasteiger partial charge on any atom is -0.504 e. The quantitative estimate of drug-likeness (QED) is 0.519. The van der Waals surface area contributed by atoms with E-state index in [1.807, 2.05) is 43.3 Å². The van der Waals surface area contributed by atoms with E-state index in [4.69, 9.17) is 4.74 Å². The monoisotopic (exact) mass is 522 g/mol. The van der Waals surface area contributed by atoms with Gasteiger partial charge in [-0.1, -0.05) is 30.3 Å². The SMILES string of the molecule is Cc1ccccc1/C=C/C(=O)N[C@@H]1CC[C@@]2(O)[C@H]3Cc4ccc(O)c5c4[C@@]2(CCN3CC2CC2)[C@H]1O5.Cl. The molecule has 3 N–H and O–H groups in total. The Morgan fingerprint density at radius 3 is 2.78 bits per heavy atom. The van der Waals surface area contributed by atoms with Crippen molar-refractivity contribution < 1.29 is 19.7 Å². The summed E-state index contributed by atoms with van der Waals surface area (Å²) in [7, 11) is 0. The van der Waals surface area contributed by atoms with Gasteiger partial charge in [0.05, 0.1) is 17.1 Å². The zero-order chi connectivity index (χ0) is 24.7. The number of halogens is 1. The van der Waals surface area contributed by atoms with Crippen molar-refractivity contribution in [2.24, 2.45) is 5.92 Å². The minimum absolute atomic E-state index is 0. The number of nitrogens with zero attached hydrogens (tertiary/aromatic N) is 1. The Morgan fingerprint density at radius 1 is 1.19 bits per heavy atom. The van der Waals surface area contributed by atoms with Crippen LogP contribution >= 0.6 is 12.4 Å². The summed E-state index contributed by atoms with van der Waals surface area (Å²) in [5.41, 5.74) is 2.75. The second-order valence-electron chi connectivity index (χ2n) is 11.6. The number of likely N-dealkylation sites (tertiary alicyclic amines) is 1. The largest absolute Gasteiger partial charge is 0.504 e. The molecule has 2 aromatic rings. The molecule has 0 aromatic heterocycles. The van der Waals surface area contributed by atoms with Gasteiger partial charge in [0.2, 0.25) is 5.91 Å². The van der Waals surface area contributed by atoms with Gasteiger partial charge in [-0.05, 0) is 86.7 Å². The van der Waals surface area contributed by atoms with Crippen molar-refractivity contribution in [3.05, 3.63) is 64.7 Å². The number of hydrogen-bond acceptors (Lipinski definition) is 5. The molecule has 2 aliphatic heterocycles. The third-order valence-electron chi connectivity index (χ3n) is 9.69. The van der Waals surface area contributed by atoms with E-state index >= 15 is 0 Å². The summed E-state index contributed by atoms with van der Waals surface area (Å²) >= 11 is 0. The van der Waals surface area contributed by atoms with Crippen molar-refractivity contribution in [2.75, 3.05) is 13.1 Å². The molecule has 5 atom stereocenters. The maximum absolute atomic E-state index is 13.0. The van der Waals surface area contributed by atoms with Gasteiger partial charge >= 0.3 is 0 Å². The van der Waals surface area contributed by atoms with Gasteiger partial charge < -0.3 is 20.3 Å². The molecule has 6 nitrogen and oxygen atoms in total. The van der Waals surface area contributed by atoms with Crippen LogP contribution < -0.4 is 10.1 Å². The Labute approximate surface area is 224 Å². The second-order valence-corrected chi connectivity index (χ2v) is 11.6. The molecular formula is C30H35ClN2O4. The molecule has 1 amide bonds. The number of phenols is 1. The van der Waals surface area contributed by atoms with E-state index in [9.17, 15) is 15.0 Å². The maximum atomic E-state index is 13.0. The fourth-order valence-corrected chi connectivity index (χ4v) is 7.80. The highest BCUT2D eigenvalue weighted by Gasteiger charge is 2.73. The van der Waals surface area contributed by atoms with Crippen LogP contribution in [0.15, 0.2) is 42.5 Å². The summed E-state index contributed by atoms with van der Waals surface area (Å²) in [6.45, 7) is 3.99. The average Bonchev–Trinajstić information content (AvgIpc) is 3.60. The molecule has 2 bridgehead atoms. The molecular weight excluding hydrogens is 488 g/mol. The van der Waals surface area contributed by atoms with E-state index < -0.39 is 17.1 Å². The second kappa shape index (κ2) is 8.75. The Balaban J connectivity index is 0.00000252. The van der Waals surface area contributed by atoms with Crippen LogP contribution in [0.5, 0.6) is 11.5 Å². The number of carbonyl (C=O) groups excluding carboxylic acids is 1. The molecule has 2 saturated carbocycles. The molecule has 1 saturated heterocycles. The third kappa shape index (κ3) is 3.56. The van der Waals surface area contributed by atoms with Crippen molar-refractivity contribution in [2.45, 2.75) is 74.7 Å². The molecule has 37 heavy (non-hydrogen) atoms. The summed E-state index contributed by atoms with van der Waals surface area (Å²) in [6, 6.07) is 11.5.